The summed E-state index contributed by atoms with van der Waals surface area (Å²) in [5.74, 6) is -16.9. The highest BCUT2D eigenvalue weighted by atomic mass is 33.1. The van der Waals surface area contributed by atoms with Gasteiger partial charge in [0.2, 0.25) is 82.7 Å². The van der Waals surface area contributed by atoms with Crippen LogP contribution in [0.2, 0.25) is 0 Å². The first-order chi connectivity index (χ1) is 53.6. The smallest absolute Gasteiger partial charge is 0.305 e. The van der Waals surface area contributed by atoms with Crippen molar-refractivity contribution >= 4 is 127 Å². The molecule has 8 rings (SSSR count). The van der Waals surface area contributed by atoms with E-state index in [1.807, 2.05) is 36.4 Å². The largest absolute Gasteiger partial charge is 0.481 e. The molecule has 0 aliphatic carbocycles. The van der Waals surface area contributed by atoms with Gasteiger partial charge in [0.1, 0.15) is 78.5 Å². The van der Waals surface area contributed by atoms with Crippen molar-refractivity contribution in [3.05, 3.63) is 83.9 Å². The van der Waals surface area contributed by atoms with Gasteiger partial charge in [-0.05, 0) is 112 Å². The predicted molar refractivity (Wildman–Crippen MR) is 413 cm³/mol. The number of aliphatic carboxylic acids is 1. The highest BCUT2D eigenvalue weighted by molar-refractivity contribution is 8.76. The summed E-state index contributed by atoms with van der Waals surface area (Å²) in [6, 6.07) is 0.916. The van der Waals surface area contributed by atoms with Crippen LogP contribution in [-0.4, -0.2) is 267 Å². The average Bonchev–Trinajstić information content (AvgIpc) is 1.61. The number of rotatable bonds is 18. The second kappa shape index (κ2) is 42.5. The zero-order valence-corrected chi connectivity index (χ0v) is 64.5. The summed E-state index contributed by atoms with van der Waals surface area (Å²) in [7, 11) is 1.69. The molecular formula is C74H104N18O18S2. The Morgan fingerprint density at radius 1 is 0.518 bits per heavy atom. The van der Waals surface area contributed by atoms with Gasteiger partial charge in [0.25, 0.3) is 0 Å². The van der Waals surface area contributed by atoms with Crippen molar-refractivity contribution in [3.8, 4) is 0 Å². The maximum atomic E-state index is 15.4. The lowest BCUT2D eigenvalue weighted by atomic mass is 9.97. The van der Waals surface area contributed by atoms with Crippen molar-refractivity contribution in [1.82, 2.24) is 73.2 Å². The third-order valence-corrected chi connectivity index (χ3v) is 22.8. The number of unbranched alkanes of at least 4 members (excludes halogenated alkanes) is 1. The summed E-state index contributed by atoms with van der Waals surface area (Å²) in [6.07, 6.45) is -1.70. The first-order valence-corrected chi connectivity index (χ1v) is 40.3. The molecule has 5 aliphatic rings. The Bertz CT molecular complexity index is 3930. The fraction of sp³-hybridized carbons (Fsp3) is 0.568. The molecule has 5 aliphatic heterocycles. The van der Waals surface area contributed by atoms with E-state index in [-0.39, 0.29) is 109 Å². The summed E-state index contributed by atoms with van der Waals surface area (Å²) < 4.78 is 0. The number of carboxylic acid groups (broad SMARTS) is 1. The van der Waals surface area contributed by atoms with Crippen LogP contribution in [0.15, 0.2) is 77.8 Å². The molecule has 112 heavy (non-hydrogen) atoms. The van der Waals surface area contributed by atoms with Gasteiger partial charge < -0.3 is 106 Å². The summed E-state index contributed by atoms with van der Waals surface area (Å²) in [5, 5.41) is 62.3. The molecule has 2 bridgehead atoms. The standard InChI is InChI=1S/C74H104N18O18S2/c1-4-40(2)59-69(106)87-52-38-111-112-39-53(86-62(99)46(21-12-28-78-74(76)77)80-57(95)36-79-61(98)48(35-58(96)97)82-67(104)54-22-13-29-90(54)71(108)49(84-65(52)102)33-42-16-6-5-7-17-42)66(103)89-60(41(3)94)70(107)81-47(20-10-11-27-75)63(100)85-51(37-93)64(101)83-50(34-43-25-26-44-18-8-9-19-45(44)32-43)72(109)92-31-15-24-56(92)73(110)91-30-14-23-55(91)68(105)88-59/h5-9,16-19,25-26,32,40-41,46-56,59-60,93-94H,4,10-15,20-24,27-31,33-39,75H2,1-3H3,(H,79,98)(H,80,95)(H,81,107)(H,82,104)(H,83,101)(H,84,102)(H,85,100)(H,86,99)(H,87,106)(H,88,105)(H,89,103)(H,96,97)(H4,76,77,78)/t40-,41+,46-,47-,48-,49-,50-,51-,52-,53-,54-,55-,56-,59-,60-/m0/s1. The monoisotopic (exact) mass is 1600 g/mol. The zero-order chi connectivity index (χ0) is 81.3. The fourth-order valence-electron chi connectivity index (χ4n) is 14.1. The maximum absolute atomic E-state index is 15.4. The van der Waals surface area contributed by atoms with Crippen LogP contribution in [0.5, 0.6) is 0 Å². The molecule has 5 fully saturated rings. The molecule has 3 aromatic rings. The van der Waals surface area contributed by atoms with Crippen molar-refractivity contribution in [2.45, 2.75) is 202 Å². The van der Waals surface area contributed by atoms with E-state index in [9.17, 15) is 58.5 Å². The molecule has 14 amide bonds. The van der Waals surface area contributed by atoms with Crippen molar-refractivity contribution in [2.24, 2.45) is 28.1 Å². The summed E-state index contributed by atoms with van der Waals surface area (Å²) in [6.45, 7) is 2.66. The lowest BCUT2D eigenvalue weighted by Gasteiger charge is -2.34. The lowest BCUT2D eigenvalue weighted by Crippen LogP contribution is -2.62. The van der Waals surface area contributed by atoms with Gasteiger partial charge in [-0.25, -0.2) is 0 Å². The molecule has 0 spiro atoms. The van der Waals surface area contributed by atoms with Crippen LogP contribution in [0.1, 0.15) is 115 Å². The Balaban J connectivity index is 1.23. The van der Waals surface area contributed by atoms with Crippen LogP contribution >= 0.6 is 21.6 Å². The van der Waals surface area contributed by atoms with Crippen LogP contribution < -0.4 is 75.7 Å². The number of carbonyl (C=O) groups is 15. The fourth-order valence-corrected chi connectivity index (χ4v) is 16.4. The number of aliphatic hydroxyl groups is 2. The van der Waals surface area contributed by atoms with Crippen LogP contribution in [-0.2, 0) is 84.8 Å². The van der Waals surface area contributed by atoms with Gasteiger partial charge in [0.15, 0.2) is 5.96 Å². The first-order valence-electron chi connectivity index (χ1n) is 37.8. The number of hydrogen-bond donors (Lipinski definition) is 17. The maximum Gasteiger partial charge on any atom is 0.305 e. The Morgan fingerprint density at radius 3 is 1.62 bits per heavy atom. The molecule has 0 aromatic heterocycles. The van der Waals surface area contributed by atoms with E-state index in [2.05, 4.69) is 63.5 Å². The number of hydrogen-bond acceptors (Lipinski definition) is 21. The number of nitrogens with one attached hydrogen (secondary N) is 11. The molecule has 38 heteroatoms. The minimum atomic E-state index is -1.96. The normalized spacial score (nSPS) is 27.2. The van der Waals surface area contributed by atoms with Crippen molar-refractivity contribution in [3.63, 3.8) is 0 Å². The van der Waals surface area contributed by atoms with Gasteiger partial charge >= 0.3 is 5.97 Å². The second-order valence-electron chi connectivity index (χ2n) is 28.6. The Kier molecular flexibility index (Phi) is 33.1. The van der Waals surface area contributed by atoms with E-state index >= 15 is 28.8 Å². The van der Waals surface area contributed by atoms with Gasteiger partial charge in [0, 0.05) is 50.5 Å². The van der Waals surface area contributed by atoms with E-state index in [0.717, 1.165) is 39.3 Å². The Morgan fingerprint density at radius 2 is 1.01 bits per heavy atom. The minimum absolute atomic E-state index is 0.0153. The zero-order valence-electron chi connectivity index (χ0n) is 62.9. The van der Waals surface area contributed by atoms with E-state index in [4.69, 9.17) is 17.2 Å². The third-order valence-electron chi connectivity index (χ3n) is 20.4. The molecular weight excluding hydrogens is 1490 g/mol. The number of aliphatic hydroxyl groups excluding tert-OH is 2. The third kappa shape index (κ3) is 24.4. The Labute approximate surface area is 655 Å². The van der Waals surface area contributed by atoms with E-state index in [1.54, 1.807) is 50.2 Å². The molecule has 0 radical (unpaired) electrons. The molecule has 0 saturated carbocycles. The molecule has 3 aromatic carbocycles. The molecule has 5 heterocycles. The topological polar surface area (TPSA) is 549 Å². The molecule has 36 nitrogen and oxygen atoms in total. The van der Waals surface area contributed by atoms with Crippen LogP contribution in [0.4, 0.5) is 0 Å². The van der Waals surface area contributed by atoms with Crippen LogP contribution in [0.3, 0.4) is 0 Å². The Hall–Kier alpha value is -10.2. The van der Waals surface area contributed by atoms with Gasteiger partial charge in [-0.15, -0.1) is 0 Å². The minimum Gasteiger partial charge on any atom is -0.481 e. The molecule has 5 saturated heterocycles. The predicted octanol–water partition coefficient (Wildman–Crippen LogP) is -3.95. The highest BCUT2D eigenvalue weighted by Gasteiger charge is 2.47. The number of aliphatic imine (C=N–C) groups is 1. The first kappa shape index (κ1) is 87.4. The number of carbonyl (C=O) groups excluding carboxylic acids is 14. The number of amides is 14. The number of guanidine groups is 1. The van der Waals surface area contributed by atoms with Crippen molar-refractivity contribution < 1.29 is 87.2 Å². The number of nitrogens with two attached hydrogens (primary N) is 3. The van der Waals surface area contributed by atoms with E-state index in [1.165, 1.54) is 14.7 Å². The number of nitrogens with zero attached hydrogens (tertiary/aromatic N) is 4. The van der Waals surface area contributed by atoms with Gasteiger partial charge in [0.05, 0.1) is 25.7 Å². The number of carboxylic acids is 1. The quantitative estimate of drug-likeness (QED) is 0.0250. The number of fused-ring (bicyclic) bond motifs is 9. The summed E-state index contributed by atoms with van der Waals surface area (Å²) >= 11 is 0. The van der Waals surface area contributed by atoms with E-state index in [0.29, 0.717) is 30.4 Å². The molecule has 20 N–H and O–H groups in total. The van der Waals surface area contributed by atoms with Gasteiger partial charge in [-0.2, -0.15) is 0 Å². The molecule has 15 atom stereocenters. The van der Waals surface area contributed by atoms with Gasteiger partial charge in [-0.1, -0.05) is 115 Å². The SMILES string of the molecule is CC[C@H](C)[C@@H]1NC(=O)[C@@H]2CCCN2C(=O)[C@@H]2CCCN2C(=O)[C@H](Cc2ccc3ccccc3c2)NC(=O)[C@H](CO)NC(=O)[C@H](CCCCN)NC(=O)[C@H]([C@@H](C)O)NC(=O)[C@@H]2CSSC[C@H](NC1=O)C(=O)N[C@@H](Cc1ccccc1)C(=O)N1CCC[C@H]1C(=O)N[C@@H](CC(=O)O)C(=O)NCC(=O)N[C@@H](CCCN=C(N)N)C(=O)N2. The lowest BCUT2D eigenvalue weighted by molar-refractivity contribution is -0.148. The van der Waals surface area contributed by atoms with Gasteiger partial charge in [-0.3, -0.25) is 76.9 Å². The number of benzene rings is 3. The van der Waals surface area contributed by atoms with Crippen LogP contribution in [0.25, 0.3) is 10.8 Å². The summed E-state index contributed by atoms with van der Waals surface area (Å²) in [5.41, 5.74) is 18.1. The second-order valence-corrected chi connectivity index (χ2v) is 31.1. The highest BCUT2D eigenvalue weighted by Crippen LogP contribution is 2.29. The van der Waals surface area contributed by atoms with Crippen molar-refractivity contribution in [1.29, 1.82) is 0 Å². The molecule has 610 valence electrons. The molecule has 0 unspecified atom stereocenters. The van der Waals surface area contributed by atoms with Crippen molar-refractivity contribution in [2.75, 3.05) is 57.4 Å². The summed E-state index contributed by atoms with van der Waals surface area (Å²) in [4.78, 5) is 227. The van der Waals surface area contributed by atoms with E-state index < -0.39 is 210 Å². The average molecular weight is 1600 g/mol. The van der Waals surface area contributed by atoms with Crippen LogP contribution in [0, 0.1) is 5.92 Å².